The highest BCUT2D eigenvalue weighted by molar-refractivity contribution is 9.10. The van der Waals surface area contributed by atoms with Crippen LogP contribution < -0.4 is 0 Å². The molecule has 0 aliphatic carbocycles. The van der Waals surface area contributed by atoms with Gasteiger partial charge in [0, 0.05) is 14.2 Å². The first-order valence-corrected chi connectivity index (χ1v) is 6.07. The lowest BCUT2D eigenvalue weighted by Gasteiger charge is -2.07. The van der Waals surface area contributed by atoms with E-state index in [1.165, 1.54) is 7.11 Å². The third-order valence-corrected chi connectivity index (χ3v) is 2.81. The molecule has 15 heavy (non-hydrogen) atoms. The second kappa shape index (κ2) is 12.1. The Hall–Kier alpha value is 0.0600. The molecule has 0 fully saturated rings. The molecule has 2 atom stereocenters. The van der Waals surface area contributed by atoms with Crippen LogP contribution in [0.15, 0.2) is 0 Å². The summed E-state index contributed by atoms with van der Waals surface area (Å²) in [7, 11) is 4.59. The van der Waals surface area contributed by atoms with Crippen molar-refractivity contribution in [3.05, 3.63) is 0 Å². The van der Waals surface area contributed by atoms with Crippen molar-refractivity contribution >= 4 is 44.1 Å². The fraction of sp³-hybridized carbons (Fsp3) is 0.778. The molecule has 0 saturated heterocycles. The third-order valence-electron chi connectivity index (χ3n) is 1.30. The lowest BCUT2D eigenvalue weighted by atomic mass is 10.2. The molecular weight excluding hydrogens is 332 g/mol. The van der Waals surface area contributed by atoms with Crippen LogP contribution in [0.5, 0.6) is 0 Å². The maximum Gasteiger partial charge on any atom is 0.319 e. The van der Waals surface area contributed by atoms with Gasteiger partial charge in [-0.2, -0.15) is 0 Å². The molecule has 0 aliphatic rings. The van der Waals surface area contributed by atoms with E-state index in [4.69, 9.17) is 0 Å². The number of esters is 1. The Morgan fingerprint density at radius 3 is 2.07 bits per heavy atom. The Morgan fingerprint density at radius 1 is 1.27 bits per heavy atom. The third kappa shape index (κ3) is 12.0. The number of rotatable bonds is 5. The first-order chi connectivity index (χ1) is 7.03. The summed E-state index contributed by atoms with van der Waals surface area (Å²) in [6.07, 6.45) is 2.01. The predicted molar refractivity (Wildman–Crippen MR) is 65.7 cm³/mol. The number of methoxy groups -OCH3 is 2. The van der Waals surface area contributed by atoms with Crippen LogP contribution in [0.25, 0.3) is 0 Å². The summed E-state index contributed by atoms with van der Waals surface area (Å²) in [6.45, 7) is 0. The smallest absolute Gasteiger partial charge is 0.319 e. The van der Waals surface area contributed by atoms with Gasteiger partial charge < -0.3 is 14.3 Å². The van der Waals surface area contributed by atoms with Gasteiger partial charge in [0.05, 0.1) is 11.9 Å². The second-order valence-corrected chi connectivity index (χ2v) is 4.91. The Kier molecular flexibility index (Phi) is 14.1. The van der Waals surface area contributed by atoms with Gasteiger partial charge >= 0.3 is 5.97 Å². The lowest BCUT2D eigenvalue weighted by Crippen LogP contribution is -2.17. The summed E-state index contributed by atoms with van der Waals surface area (Å²) in [5.74, 6) is -0.305. The zero-order valence-electron chi connectivity index (χ0n) is 9.04. The minimum atomic E-state index is -0.317. The molecule has 0 aromatic carbocycles. The number of alkyl halides is 2. The van der Waals surface area contributed by atoms with Crippen molar-refractivity contribution < 1.29 is 19.1 Å². The molecule has 0 amide bonds. The fourth-order valence-electron chi connectivity index (χ4n) is 0.619. The standard InChI is InChI=1S/C7H10Br2O3.C2H6O/c1-12-7(11)6(9)3-2-5(8)4-10;1-3-2/h4-6H,2-3H2,1H3;1-2H3. The Bertz CT molecular complexity index is 175. The maximum absolute atomic E-state index is 10.8. The average molecular weight is 348 g/mol. The predicted octanol–water partition coefficient (Wildman–Crippen LogP) is 1.93. The van der Waals surface area contributed by atoms with Gasteiger partial charge in [-0.25, -0.2) is 0 Å². The number of carbonyl (C=O) groups is 2. The molecule has 0 saturated carbocycles. The monoisotopic (exact) mass is 346 g/mol. The summed E-state index contributed by atoms with van der Waals surface area (Å²) >= 11 is 6.29. The summed E-state index contributed by atoms with van der Waals surface area (Å²) in [5, 5.41) is 0. The van der Waals surface area contributed by atoms with Crippen LogP contribution in [0.1, 0.15) is 12.8 Å². The van der Waals surface area contributed by atoms with Crippen LogP contribution in [0.2, 0.25) is 0 Å². The minimum absolute atomic E-state index is 0.179. The van der Waals surface area contributed by atoms with Crippen molar-refractivity contribution in [2.24, 2.45) is 0 Å². The van der Waals surface area contributed by atoms with E-state index in [1.807, 2.05) is 0 Å². The van der Waals surface area contributed by atoms with Crippen molar-refractivity contribution in [1.82, 2.24) is 0 Å². The molecule has 2 unspecified atom stereocenters. The number of carbonyl (C=O) groups excluding carboxylic acids is 2. The first kappa shape index (κ1) is 17.5. The van der Waals surface area contributed by atoms with Gasteiger partial charge in [-0.1, -0.05) is 31.9 Å². The topological polar surface area (TPSA) is 52.6 Å². The van der Waals surface area contributed by atoms with Crippen LogP contribution in [-0.4, -0.2) is 43.2 Å². The van der Waals surface area contributed by atoms with E-state index < -0.39 is 0 Å². The summed E-state index contributed by atoms with van der Waals surface area (Å²) in [5.41, 5.74) is 0. The van der Waals surface area contributed by atoms with Gasteiger partial charge in [0.25, 0.3) is 0 Å². The Morgan fingerprint density at radius 2 is 1.73 bits per heavy atom. The van der Waals surface area contributed by atoms with Crippen molar-refractivity contribution in [3.63, 3.8) is 0 Å². The molecule has 0 aromatic heterocycles. The normalized spacial score (nSPS) is 13.1. The molecule has 0 spiro atoms. The van der Waals surface area contributed by atoms with Crippen LogP contribution in [0.3, 0.4) is 0 Å². The minimum Gasteiger partial charge on any atom is -0.468 e. The molecule has 0 rings (SSSR count). The Balaban J connectivity index is 0. The number of aldehydes is 1. The number of ether oxygens (including phenoxy) is 2. The summed E-state index contributed by atoms with van der Waals surface area (Å²) < 4.78 is 8.74. The first-order valence-electron chi connectivity index (χ1n) is 4.24. The Labute approximate surface area is 107 Å². The van der Waals surface area contributed by atoms with Crippen molar-refractivity contribution in [2.75, 3.05) is 21.3 Å². The van der Waals surface area contributed by atoms with Crippen LogP contribution in [-0.2, 0) is 19.1 Å². The van der Waals surface area contributed by atoms with E-state index >= 15 is 0 Å². The van der Waals surface area contributed by atoms with E-state index in [9.17, 15) is 9.59 Å². The van der Waals surface area contributed by atoms with E-state index in [0.29, 0.717) is 12.8 Å². The van der Waals surface area contributed by atoms with Crippen molar-refractivity contribution in [3.8, 4) is 0 Å². The number of hydrogen-bond acceptors (Lipinski definition) is 4. The fourth-order valence-corrected chi connectivity index (χ4v) is 1.33. The molecule has 0 N–H and O–H groups in total. The van der Waals surface area contributed by atoms with E-state index in [-0.39, 0.29) is 15.6 Å². The zero-order chi connectivity index (χ0) is 12.3. The highest BCUT2D eigenvalue weighted by atomic mass is 79.9. The lowest BCUT2D eigenvalue weighted by molar-refractivity contribution is -0.140. The maximum atomic E-state index is 10.8. The second-order valence-electron chi connectivity index (χ2n) is 2.63. The highest BCUT2D eigenvalue weighted by Crippen LogP contribution is 2.14. The van der Waals surface area contributed by atoms with Gasteiger partial charge in [-0.3, -0.25) is 4.79 Å². The van der Waals surface area contributed by atoms with E-state index in [1.54, 1.807) is 14.2 Å². The molecule has 0 aromatic rings. The van der Waals surface area contributed by atoms with Crippen LogP contribution >= 0.6 is 31.9 Å². The largest absolute Gasteiger partial charge is 0.468 e. The van der Waals surface area contributed by atoms with Gasteiger partial charge in [0.2, 0.25) is 0 Å². The average Bonchev–Trinajstić information content (AvgIpc) is 2.25. The van der Waals surface area contributed by atoms with E-state index in [2.05, 4.69) is 41.3 Å². The SMILES string of the molecule is COC.COC(=O)C(Br)CCC(Br)C=O. The number of hydrogen-bond donors (Lipinski definition) is 0. The molecule has 0 radical (unpaired) electrons. The van der Waals surface area contributed by atoms with Gasteiger partial charge in [0.1, 0.15) is 11.1 Å². The van der Waals surface area contributed by atoms with Crippen LogP contribution in [0, 0.1) is 0 Å². The molecule has 0 bridgehead atoms. The molecule has 6 heteroatoms. The van der Waals surface area contributed by atoms with E-state index in [0.717, 1.165) is 6.29 Å². The van der Waals surface area contributed by atoms with Gasteiger partial charge in [-0.15, -0.1) is 0 Å². The number of halogens is 2. The molecule has 0 heterocycles. The summed E-state index contributed by atoms with van der Waals surface area (Å²) in [6, 6.07) is 0. The molecule has 0 aliphatic heterocycles. The molecule has 90 valence electrons. The van der Waals surface area contributed by atoms with Crippen molar-refractivity contribution in [1.29, 1.82) is 0 Å². The molecular formula is C9H16Br2O4. The van der Waals surface area contributed by atoms with Crippen LogP contribution in [0.4, 0.5) is 0 Å². The molecule has 4 nitrogen and oxygen atoms in total. The summed E-state index contributed by atoms with van der Waals surface area (Å²) in [4.78, 5) is 20.5. The van der Waals surface area contributed by atoms with Gasteiger partial charge in [0.15, 0.2) is 0 Å². The van der Waals surface area contributed by atoms with Crippen molar-refractivity contribution in [2.45, 2.75) is 22.5 Å². The highest BCUT2D eigenvalue weighted by Gasteiger charge is 2.16. The zero-order valence-corrected chi connectivity index (χ0v) is 12.2. The quantitative estimate of drug-likeness (QED) is 0.433. The van der Waals surface area contributed by atoms with Gasteiger partial charge in [-0.05, 0) is 12.8 Å².